The minimum Gasteiger partial charge on any atom is -0.495 e. The molecule has 98 valence electrons. The van der Waals surface area contributed by atoms with Gasteiger partial charge in [-0.2, -0.15) is 0 Å². The topological polar surface area (TPSA) is 24.5 Å². The fourth-order valence-electron chi connectivity index (χ4n) is 3.21. The molecule has 0 spiro atoms. The molecule has 0 radical (unpaired) electrons. The van der Waals surface area contributed by atoms with Crippen LogP contribution in [0.4, 0.5) is 5.69 Å². The molecule has 1 N–H and O–H groups in total. The normalized spacial score (nSPS) is 27.2. The van der Waals surface area contributed by atoms with E-state index in [1.54, 1.807) is 7.11 Å². The number of nitrogens with zero attached hydrogens (tertiary/aromatic N) is 1. The summed E-state index contributed by atoms with van der Waals surface area (Å²) < 4.78 is 5.25. The van der Waals surface area contributed by atoms with Crippen LogP contribution >= 0.6 is 11.6 Å². The van der Waals surface area contributed by atoms with Crippen molar-refractivity contribution >= 4 is 17.3 Å². The number of anilines is 1. The van der Waals surface area contributed by atoms with Crippen molar-refractivity contribution in [2.75, 3.05) is 25.5 Å². The minimum atomic E-state index is 0.568. The van der Waals surface area contributed by atoms with Crippen molar-refractivity contribution < 1.29 is 4.74 Å². The zero-order valence-corrected chi connectivity index (χ0v) is 11.4. The first-order valence-electron chi connectivity index (χ1n) is 6.62. The van der Waals surface area contributed by atoms with Crippen molar-refractivity contribution in [2.24, 2.45) is 0 Å². The van der Waals surface area contributed by atoms with Crippen LogP contribution in [0.25, 0.3) is 0 Å². The second-order valence-electron chi connectivity index (χ2n) is 5.13. The Labute approximate surface area is 113 Å². The Balaban J connectivity index is 1.72. The number of ether oxygens (including phenoxy) is 1. The molecule has 2 heterocycles. The zero-order valence-electron chi connectivity index (χ0n) is 10.7. The van der Waals surface area contributed by atoms with Crippen molar-refractivity contribution in [3.8, 4) is 5.75 Å². The number of hydrogen-bond acceptors (Lipinski definition) is 3. The van der Waals surface area contributed by atoms with Gasteiger partial charge in [-0.3, -0.25) is 4.90 Å². The van der Waals surface area contributed by atoms with Gasteiger partial charge in [0, 0.05) is 30.4 Å². The number of benzene rings is 1. The second-order valence-corrected chi connectivity index (χ2v) is 5.54. The van der Waals surface area contributed by atoms with Crippen LogP contribution in [0.15, 0.2) is 18.2 Å². The van der Waals surface area contributed by atoms with E-state index >= 15 is 0 Å². The maximum absolute atomic E-state index is 6.04. The van der Waals surface area contributed by atoms with E-state index in [0.29, 0.717) is 17.1 Å². The molecule has 18 heavy (non-hydrogen) atoms. The first-order chi connectivity index (χ1) is 8.78. The molecule has 3 nitrogen and oxygen atoms in total. The van der Waals surface area contributed by atoms with E-state index in [4.69, 9.17) is 16.3 Å². The van der Waals surface area contributed by atoms with Gasteiger partial charge in [-0.05, 0) is 37.9 Å². The molecule has 0 aromatic heterocycles. The van der Waals surface area contributed by atoms with Crippen LogP contribution in [-0.4, -0.2) is 37.2 Å². The predicted octanol–water partition coefficient (Wildman–Crippen LogP) is 3.00. The number of rotatable bonds is 3. The molecular weight excluding hydrogens is 248 g/mol. The average Bonchev–Trinajstić information content (AvgIpc) is 2.96. The Morgan fingerprint density at radius 3 is 3.06 bits per heavy atom. The smallest absolute Gasteiger partial charge is 0.139 e. The second kappa shape index (κ2) is 4.98. The number of methoxy groups -OCH3 is 1. The highest BCUT2D eigenvalue weighted by molar-refractivity contribution is 6.32. The number of nitrogens with one attached hydrogen (secondary N) is 1. The Kier molecular flexibility index (Phi) is 3.35. The first kappa shape index (κ1) is 12.1. The van der Waals surface area contributed by atoms with E-state index in [-0.39, 0.29) is 0 Å². The van der Waals surface area contributed by atoms with Crippen molar-refractivity contribution in [3.05, 3.63) is 23.2 Å². The monoisotopic (exact) mass is 266 g/mol. The van der Waals surface area contributed by atoms with Crippen molar-refractivity contribution in [1.82, 2.24) is 4.90 Å². The van der Waals surface area contributed by atoms with Crippen molar-refractivity contribution in [1.29, 1.82) is 0 Å². The van der Waals surface area contributed by atoms with Gasteiger partial charge in [0.2, 0.25) is 0 Å². The number of fused-ring (bicyclic) bond motifs is 1. The molecule has 4 heteroatoms. The van der Waals surface area contributed by atoms with Gasteiger partial charge in [0.15, 0.2) is 0 Å². The maximum Gasteiger partial charge on any atom is 0.139 e. The van der Waals surface area contributed by atoms with Gasteiger partial charge >= 0.3 is 0 Å². The lowest BCUT2D eigenvalue weighted by Crippen LogP contribution is -2.33. The highest BCUT2D eigenvalue weighted by atomic mass is 35.5. The third-order valence-corrected chi connectivity index (χ3v) is 4.42. The van der Waals surface area contributed by atoms with Gasteiger partial charge in [0.25, 0.3) is 0 Å². The van der Waals surface area contributed by atoms with Gasteiger partial charge in [-0.1, -0.05) is 11.6 Å². The van der Waals surface area contributed by atoms with E-state index < -0.39 is 0 Å². The summed E-state index contributed by atoms with van der Waals surface area (Å²) in [6.07, 6.45) is 3.89. The van der Waals surface area contributed by atoms with E-state index in [1.807, 2.05) is 18.2 Å². The average molecular weight is 267 g/mol. The van der Waals surface area contributed by atoms with Crippen LogP contribution in [-0.2, 0) is 0 Å². The van der Waals surface area contributed by atoms with Gasteiger partial charge < -0.3 is 10.1 Å². The molecule has 3 rings (SSSR count). The standard InChI is InChI=1S/C14H19ClN2O/c1-18-14-9-10(4-5-11(14)15)16-12-6-8-17-7-2-3-13(12)17/h4-5,9,12-13,16H,2-3,6-8H2,1H3. The SMILES string of the molecule is COc1cc(NC2CCN3CCCC23)ccc1Cl. The summed E-state index contributed by atoms with van der Waals surface area (Å²) in [6, 6.07) is 7.19. The van der Waals surface area contributed by atoms with Gasteiger partial charge in [0.05, 0.1) is 12.1 Å². The molecule has 0 bridgehead atoms. The molecule has 0 amide bonds. The molecule has 2 aliphatic rings. The largest absolute Gasteiger partial charge is 0.495 e. The summed E-state index contributed by atoms with van der Waals surface area (Å²) in [5.41, 5.74) is 1.11. The van der Waals surface area contributed by atoms with Gasteiger partial charge in [-0.15, -0.1) is 0 Å². The third kappa shape index (κ3) is 2.17. The number of halogens is 1. The Morgan fingerprint density at radius 1 is 1.33 bits per heavy atom. The lowest BCUT2D eigenvalue weighted by molar-refractivity contribution is 0.318. The van der Waals surface area contributed by atoms with Crippen LogP contribution in [0.2, 0.25) is 5.02 Å². The highest BCUT2D eigenvalue weighted by Crippen LogP contribution is 2.32. The summed E-state index contributed by atoms with van der Waals surface area (Å²) in [5.74, 6) is 0.739. The van der Waals surface area contributed by atoms with Crippen LogP contribution in [0.1, 0.15) is 19.3 Å². The fraction of sp³-hybridized carbons (Fsp3) is 0.571. The van der Waals surface area contributed by atoms with Crippen molar-refractivity contribution in [3.63, 3.8) is 0 Å². The fourth-order valence-corrected chi connectivity index (χ4v) is 3.41. The summed E-state index contributed by atoms with van der Waals surface area (Å²) in [5, 5.41) is 4.30. The molecular formula is C14H19ClN2O. The Bertz CT molecular complexity index is 438. The molecule has 2 saturated heterocycles. The van der Waals surface area contributed by atoms with E-state index in [9.17, 15) is 0 Å². The zero-order chi connectivity index (χ0) is 12.5. The minimum absolute atomic E-state index is 0.568. The molecule has 1 aromatic carbocycles. The molecule has 2 atom stereocenters. The van der Waals surface area contributed by atoms with Gasteiger partial charge in [-0.25, -0.2) is 0 Å². The van der Waals surface area contributed by atoms with Crippen LogP contribution < -0.4 is 10.1 Å². The maximum atomic E-state index is 6.04. The van der Waals surface area contributed by atoms with Crippen LogP contribution in [0.5, 0.6) is 5.75 Å². The summed E-state index contributed by atoms with van der Waals surface area (Å²) in [6.45, 7) is 2.50. The third-order valence-electron chi connectivity index (χ3n) is 4.11. The summed E-state index contributed by atoms with van der Waals surface area (Å²) in [7, 11) is 1.65. The summed E-state index contributed by atoms with van der Waals surface area (Å²) >= 11 is 6.04. The Hall–Kier alpha value is -0.930. The molecule has 2 unspecified atom stereocenters. The first-order valence-corrected chi connectivity index (χ1v) is 7.00. The van der Waals surface area contributed by atoms with Crippen molar-refractivity contribution in [2.45, 2.75) is 31.3 Å². The van der Waals surface area contributed by atoms with Gasteiger partial charge in [0.1, 0.15) is 5.75 Å². The lowest BCUT2D eigenvalue weighted by atomic mass is 10.1. The van der Waals surface area contributed by atoms with Crippen LogP contribution in [0, 0.1) is 0 Å². The quantitative estimate of drug-likeness (QED) is 0.910. The molecule has 0 aliphatic carbocycles. The molecule has 0 saturated carbocycles. The predicted molar refractivity (Wildman–Crippen MR) is 74.6 cm³/mol. The Morgan fingerprint density at radius 2 is 2.22 bits per heavy atom. The molecule has 1 aromatic rings. The van der Waals surface area contributed by atoms with E-state index in [2.05, 4.69) is 10.2 Å². The van der Waals surface area contributed by atoms with E-state index in [1.165, 1.54) is 32.4 Å². The van der Waals surface area contributed by atoms with E-state index in [0.717, 1.165) is 11.4 Å². The highest BCUT2D eigenvalue weighted by Gasteiger charge is 2.36. The van der Waals surface area contributed by atoms with Crippen LogP contribution in [0.3, 0.4) is 0 Å². The number of hydrogen-bond donors (Lipinski definition) is 1. The summed E-state index contributed by atoms with van der Waals surface area (Å²) in [4.78, 5) is 2.60. The molecule has 2 fully saturated rings. The lowest BCUT2D eigenvalue weighted by Gasteiger charge is -2.22. The molecule has 2 aliphatic heterocycles.